The molecular weight excluding hydrogens is 210 g/mol. The lowest BCUT2D eigenvalue weighted by molar-refractivity contribution is 0.0492. The van der Waals surface area contributed by atoms with Gasteiger partial charge in [-0.2, -0.15) is 0 Å². The zero-order valence-corrected chi connectivity index (χ0v) is 9.46. The second kappa shape index (κ2) is 5.50. The SMILES string of the molecule is Clc1ccc(CC2CCCONC2)cc1. The van der Waals surface area contributed by atoms with E-state index in [0.717, 1.165) is 31.0 Å². The number of hydroxylamine groups is 1. The summed E-state index contributed by atoms with van der Waals surface area (Å²) in [5.41, 5.74) is 4.36. The Hall–Kier alpha value is -0.570. The van der Waals surface area contributed by atoms with Gasteiger partial charge < -0.3 is 4.84 Å². The molecule has 15 heavy (non-hydrogen) atoms. The number of hydrogen-bond acceptors (Lipinski definition) is 2. The van der Waals surface area contributed by atoms with E-state index in [1.165, 1.54) is 12.0 Å². The number of benzene rings is 1. The second-order valence-corrected chi connectivity index (χ2v) is 4.47. The molecular formula is C12H16ClNO. The van der Waals surface area contributed by atoms with Crippen molar-refractivity contribution in [3.05, 3.63) is 34.9 Å². The van der Waals surface area contributed by atoms with Crippen LogP contribution in [0.3, 0.4) is 0 Å². The molecule has 2 nitrogen and oxygen atoms in total. The Bertz CT molecular complexity index is 291. The molecule has 0 aliphatic carbocycles. The average molecular weight is 226 g/mol. The molecule has 3 heteroatoms. The van der Waals surface area contributed by atoms with Gasteiger partial charge in [0.1, 0.15) is 0 Å². The van der Waals surface area contributed by atoms with Gasteiger partial charge >= 0.3 is 0 Å². The summed E-state index contributed by atoms with van der Waals surface area (Å²) < 4.78 is 0. The highest BCUT2D eigenvalue weighted by atomic mass is 35.5. The molecule has 1 saturated heterocycles. The normalized spacial score (nSPS) is 22.3. The van der Waals surface area contributed by atoms with E-state index in [4.69, 9.17) is 16.4 Å². The van der Waals surface area contributed by atoms with Crippen LogP contribution in [-0.4, -0.2) is 13.2 Å². The molecule has 1 N–H and O–H groups in total. The van der Waals surface area contributed by atoms with Crippen LogP contribution >= 0.6 is 11.6 Å². The molecule has 1 unspecified atom stereocenters. The number of rotatable bonds is 2. The van der Waals surface area contributed by atoms with E-state index < -0.39 is 0 Å². The molecule has 2 rings (SSSR count). The van der Waals surface area contributed by atoms with Gasteiger partial charge in [-0.05, 0) is 42.9 Å². The molecule has 1 heterocycles. The van der Waals surface area contributed by atoms with Crippen molar-refractivity contribution in [2.45, 2.75) is 19.3 Å². The monoisotopic (exact) mass is 225 g/mol. The third-order valence-electron chi connectivity index (χ3n) is 2.77. The maximum Gasteiger partial charge on any atom is 0.0682 e. The van der Waals surface area contributed by atoms with Crippen LogP contribution in [0, 0.1) is 5.92 Å². The lowest BCUT2D eigenvalue weighted by Crippen LogP contribution is -2.21. The number of halogens is 1. The zero-order chi connectivity index (χ0) is 10.5. The first-order chi connectivity index (χ1) is 7.34. The van der Waals surface area contributed by atoms with Crippen molar-refractivity contribution in [3.63, 3.8) is 0 Å². The molecule has 0 aromatic heterocycles. The fourth-order valence-corrected chi connectivity index (χ4v) is 2.05. The summed E-state index contributed by atoms with van der Waals surface area (Å²) >= 11 is 5.85. The average Bonchev–Trinajstić information content (AvgIpc) is 2.50. The first kappa shape index (κ1) is 10.9. The first-order valence-corrected chi connectivity index (χ1v) is 5.81. The molecule has 1 fully saturated rings. The summed E-state index contributed by atoms with van der Waals surface area (Å²) in [5, 5.41) is 0.807. The lowest BCUT2D eigenvalue weighted by atomic mass is 9.95. The van der Waals surface area contributed by atoms with Crippen LogP contribution in [0.15, 0.2) is 24.3 Å². The van der Waals surface area contributed by atoms with Crippen LogP contribution in [0.4, 0.5) is 0 Å². The molecule has 0 radical (unpaired) electrons. The Morgan fingerprint density at radius 2 is 2.13 bits per heavy atom. The topological polar surface area (TPSA) is 21.3 Å². The highest BCUT2D eigenvalue weighted by Crippen LogP contribution is 2.17. The number of nitrogens with one attached hydrogen (secondary N) is 1. The minimum atomic E-state index is 0.675. The van der Waals surface area contributed by atoms with Crippen molar-refractivity contribution >= 4 is 11.6 Å². The Morgan fingerprint density at radius 3 is 2.93 bits per heavy atom. The highest BCUT2D eigenvalue weighted by molar-refractivity contribution is 6.30. The van der Waals surface area contributed by atoms with Crippen molar-refractivity contribution in [2.75, 3.05) is 13.2 Å². The lowest BCUT2D eigenvalue weighted by Gasteiger charge is -2.13. The smallest absolute Gasteiger partial charge is 0.0682 e. The molecule has 0 amide bonds. The Labute approximate surface area is 95.5 Å². The summed E-state index contributed by atoms with van der Waals surface area (Å²) in [7, 11) is 0. The molecule has 82 valence electrons. The van der Waals surface area contributed by atoms with Crippen LogP contribution in [-0.2, 0) is 11.3 Å². The third kappa shape index (κ3) is 3.49. The minimum Gasteiger partial charge on any atom is -0.302 e. The standard InChI is InChI=1S/C12H16ClNO/c13-12-5-3-10(4-6-12)8-11-2-1-7-15-14-9-11/h3-6,11,14H,1-2,7-9H2. The fraction of sp³-hybridized carbons (Fsp3) is 0.500. The molecule has 1 aliphatic rings. The van der Waals surface area contributed by atoms with Crippen LogP contribution in [0.25, 0.3) is 0 Å². The van der Waals surface area contributed by atoms with E-state index in [1.54, 1.807) is 0 Å². The third-order valence-corrected chi connectivity index (χ3v) is 3.02. The van der Waals surface area contributed by atoms with Gasteiger partial charge in [0, 0.05) is 11.6 Å². The Balaban J connectivity index is 1.92. The predicted octanol–water partition coefficient (Wildman–Crippen LogP) is 2.81. The van der Waals surface area contributed by atoms with Gasteiger partial charge in [-0.25, -0.2) is 5.48 Å². The van der Waals surface area contributed by atoms with Crippen molar-refractivity contribution in [1.29, 1.82) is 0 Å². The van der Waals surface area contributed by atoms with E-state index in [-0.39, 0.29) is 0 Å². The molecule has 0 bridgehead atoms. The predicted molar refractivity (Wildman–Crippen MR) is 61.8 cm³/mol. The summed E-state index contributed by atoms with van der Waals surface area (Å²) in [4.78, 5) is 5.21. The first-order valence-electron chi connectivity index (χ1n) is 5.44. The van der Waals surface area contributed by atoms with E-state index in [2.05, 4.69) is 17.6 Å². The maximum atomic E-state index is 5.85. The molecule has 1 atom stereocenters. The second-order valence-electron chi connectivity index (χ2n) is 4.04. The van der Waals surface area contributed by atoms with Crippen molar-refractivity contribution in [3.8, 4) is 0 Å². The summed E-state index contributed by atoms with van der Waals surface area (Å²) in [6, 6.07) is 8.12. The largest absolute Gasteiger partial charge is 0.302 e. The fourth-order valence-electron chi connectivity index (χ4n) is 1.92. The Morgan fingerprint density at radius 1 is 1.33 bits per heavy atom. The Kier molecular flexibility index (Phi) is 4.01. The van der Waals surface area contributed by atoms with Crippen LogP contribution in [0.2, 0.25) is 5.02 Å². The van der Waals surface area contributed by atoms with Gasteiger partial charge in [0.05, 0.1) is 6.61 Å². The van der Waals surface area contributed by atoms with Crippen LogP contribution in [0.1, 0.15) is 18.4 Å². The van der Waals surface area contributed by atoms with Gasteiger partial charge in [0.15, 0.2) is 0 Å². The van der Waals surface area contributed by atoms with Gasteiger partial charge in [-0.3, -0.25) is 0 Å². The molecule has 1 aliphatic heterocycles. The maximum absolute atomic E-state index is 5.85. The zero-order valence-electron chi connectivity index (χ0n) is 8.71. The van der Waals surface area contributed by atoms with Gasteiger partial charge in [-0.15, -0.1) is 0 Å². The van der Waals surface area contributed by atoms with Gasteiger partial charge in [0.2, 0.25) is 0 Å². The molecule has 0 saturated carbocycles. The van der Waals surface area contributed by atoms with E-state index >= 15 is 0 Å². The van der Waals surface area contributed by atoms with E-state index in [9.17, 15) is 0 Å². The van der Waals surface area contributed by atoms with E-state index in [1.807, 2.05) is 12.1 Å². The molecule has 1 aromatic rings. The van der Waals surface area contributed by atoms with Crippen molar-refractivity contribution in [2.24, 2.45) is 5.92 Å². The van der Waals surface area contributed by atoms with Crippen LogP contribution < -0.4 is 5.48 Å². The quantitative estimate of drug-likeness (QED) is 0.836. The van der Waals surface area contributed by atoms with Gasteiger partial charge in [-0.1, -0.05) is 23.7 Å². The van der Waals surface area contributed by atoms with Crippen molar-refractivity contribution in [1.82, 2.24) is 5.48 Å². The van der Waals surface area contributed by atoms with E-state index in [0.29, 0.717) is 5.92 Å². The summed E-state index contributed by atoms with van der Waals surface area (Å²) in [5.74, 6) is 0.675. The van der Waals surface area contributed by atoms with Crippen LogP contribution in [0.5, 0.6) is 0 Å². The van der Waals surface area contributed by atoms with Crippen molar-refractivity contribution < 1.29 is 4.84 Å². The summed E-state index contributed by atoms with van der Waals surface area (Å²) in [6.07, 6.45) is 3.48. The van der Waals surface area contributed by atoms with Gasteiger partial charge in [0.25, 0.3) is 0 Å². The highest BCUT2D eigenvalue weighted by Gasteiger charge is 2.12. The minimum absolute atomic E-state index is 0.675. The number of hydrogen-bond donors (Lipinski definition) is 1. The molecule has 0 spiro atoms. The summed E-state index contributed by atoms with van der Waals surface area (Å²) in [6.45, 7) is 1.78. The molecule has 1 aromatic carbocycles.